The molecule has 0 amide bonds. The fourth-order valence-corrected chi connectivity index (χ4v) is 2.47. The van der Waals surface area contributed by atoms with Crippen LogP contribution in [0.25, 0.3) is 10.9 Å². The van der Waals surface area contributed by atoms with Crippen LogP contribution in [0, 0.1) is 0 Å². The summed E-state index contributed by atoms with van der Waals surface area (Å²) < 4.78 is 0. The number of hydrogen-bond donors (Lipinski definition) is 1. The van der Waals surface area contributed by atoms with Crippen LogP contribution in [0.3, 0.4) is 0 Å². The van der Waals surface area contributed by atoms with Gasteiger partial charge < -0.3 is 9.88 Å². The highest BCUT2D eigenvalue weighted by atomic mass is 15.1. The monoisotopic (exact) mass is 200 g/mol. The van der Waals surface area contributed by atoms with Crippen molar-refractivity contribution in [3.05, 3.63) is 35.5 Å². The second-order valence-corrected chi connectivity index (χ2v) is 4.43. The number of aromatic nitrogens is 1. The van der Waals surface area contributed by atoms with Crippen LogP contribution in [-0.4, -0.2) is 30.0 Å². The molecule has 1 N–H and O–H groups in total. The van der Waals surface area contributed by atoms with E-state index in [-0.39, 0.29) is 0 Å². The van der Waals surface area contributed by atoms with Crippen molar-refractivity contribution in [3.8, 4) is 0 Å². The van der Waals surface area contributed by atoms with E-state index in [0.29, 0.717) is 0 Å². The maximum Gasteiger partial charge on any atom is 0.0458 e. The van der Waals surface area contributed by atoms with Crippen molar-refractivity contribution < 1.29 is 0 Å². The molecule has 2 nitrogen and oxygen atoms in total. The molecule has 0 radical (unpaired) electrons. The Bertz CT molecular complexity index is 484. The molecule has 3 rings (SSSR count). The molecule has 15 heavy (non-hydrogen) atoms. The Balaban J connectivity index is 2.15. The Hall–Kier alpha value is -1.28. The molecule has 0 saturated carbocycles. The first-order valence-electron chi connectivity index (χ1n) is 5.61. The van der Waals surface area contributed by atoms with Gasteiger partial charge in [-0.25, -0.2) is 0 Å². The van der Waals surface area contributed by atoms with Crippen molar-refractivity contribution in [2.75, 3.05) is 20.1 Å². The van der Waals surface area contributed by atoms with Crippen molar-refractivity contribution in [1.82, 2.24) is 9.88 Å². The molecule has 1 aromatic heterocycles. The Labute approximate surface area is 89.9 Å². The number of hydrogen-bond acceptors (Lipinski definition) is 1. The number of likely N-dealkylation sites (N-methyl/N-ethyl adjacent to an activating group) is 1. The maximum absolute atomic E-state index is 3.55. The third-order valence-corrected chi connectivity index (χ3v) is 3.39. The minimum Gasteiger partial charge on any atom is -0.358 e. The molecule has 1 aromatic carbocycles. The van der Waals surface area contributed by atoms with Gasteiger partial charge >= 0.3 is 0 Å². The minimum absolute atomic E-state index is 1.15. The van der Waals surface area contributed by atoms with Crippen molar-refractivity contribution in [2.24, 2.45) is 0 Å². The van der Waals surface area contributed by atoms with E-state index in [9.17, 15) is 0 Å². The topological polar surface area (TPSA) is 19.0 Å². The van der Waals surface area contributed by atoms with Gasteiger partial charge in [0.15, 0.2) is 0 Å². The molecule has 2 heterocycles. The fraction of sp³-hybridized carbons (Fsp3) is 0.385. The first-order chi connectivity index (χ1) is 7.34. The number of nitrogens with one attached hydrogen (secondary N) is 1. The number of benzene rings is 1. The predicted octanol–water partition coefficient (Wildman–Crippen LogP) is 2.20. The van der Waals surface area contributed by atoms with E-state index in [1.807, 2.05) is 0 Å². The van der Waals surface area contributed by atoms with Crippen LogP contribution < -0.4 is 0 Å². The lowest BCUT2D eigenvalue weighted by molar-refractivity contribution is 0.352. The van der Waals surface area contributed by atoms with Crippen LogP contribution in [0.15, 0.2) is 24.3 Å². The van der Waals surface area contributed by atoms with Gasteiger partial charge in [-0.2, -0.15) is 0 Å². The highest BCUT2D eigenvalue weighted by Gasteiger charge is 2.15. The van der Waals surface area contributed by atoms with Gasteiger partial charge in [0.2, 0.25) is 0 Å². The second-order valence-electron chi connectivity index (χ2n) is 4.43. The summed E-state index contributed by atoms with van der Waals surface area (Å²) in [6.45, 7) is 2.34. The van der Waals surface area contributed by atoms with Crippen LogP contribution in [0.5, 0.6) is 0 Å². The third-order valence-electron chi connectivity index (χ3n) is 3.39. The summed E-state index contributed by atoms with van der Waals surface area (Å²) in [5.41, 5.74) is 4.28. The summed E-state index contributed by atoms with van der Waals surface area (Å²) in [5, 5.41) is 1.42. The van der Waals surface area contributed by atoms with Crippen molar-refractivity contribution in [2.45, 2.75) is 12.8 Å². The van der Waals surface area contributed by atoms with Gasteiger partial charge in [0.05, 0.1) is 0 Å². The molecule has 0 saturated heterocycles. The Morgan fingerprint density at radius 3 is 2.87 bits per heavy atom. The summed E-state index contributed by atoms with van der Waals surface area (Å²) in [7, 11) is 2.20. The average molecular weight is 200 g/mol. The summed E-state index contributed by atoms with van der Waals surface area (Å²) in [6.07, 6.45) is 2.33. The van der Waals surface area contributed by atoms with E-state index in [0.717, 1.165) is 6.42 Å². The molecular formula is C13H16N2. The molecule has 0 bridgehead atoms. The van der Waals surface area contributed by atoms with Gasteiger partial charge in [-0.05, 0) is 25.1 Å². The minimum atomic E-state index is 1.15. The lowest BCUT2D eigenvalue weighted by Crippen LogP contribution is -2.20. The summed E-state index contributed by atoms with van der Waals surface area (Å²) in [5.74, 6) is 0. The SMILES string of the molecule is CN1CCc2[nH]c3ccccc3c2CC1. The zero-order chi connectivity index (χ0) is 10.3. The quantitative estimate of drug-likeness (QED) is 0.690. The normalized spacial score (nSPS) is 17.7. The van der Waals surface area contributed by atoms with E-state index in [2.05, 4.69) is 41.2 Å². The zero-order valence-electron chi connectivity index (χ0n) is 9.09. The van der Waals surface area contributed by atoms with Crippen LogP contribution in [0.2, 0.25) is 0 Å². The Kier molecular flexibility index (Phi) is 2.03. The molecule has 0 unspecified atom stereocenters. The smallest absolute Gasteiger partial charge is 0.0458 e. The number of H-pyrrole nitrogens is 1. The van der Waals surface area contributed by atoms with Crippen molar-refractivity contribution >= 4 is 10.9 Å². The number of rotatable bonds is 0. The summed E-state index contributed by atoms with van der Waals surface area (Å²) in [4.78, 5) is 5.96. The van der Waals surface area contributed by atoms with Gasteiger partial charge in [-0.1, -0.05) is 18.2 Å². The van der Waals surface area contributed by atoms with E-state index in [4.69, 9.17) is 0 Å². The summed E-state index contributed by atoms with van der Waals surface area (Å²) >= 11 is 0. The highest BCUT2D eigenvalue weighted by Crippen LogP contribution is 2.25. The molecule has 0 fully saturated rings. The van der Waals surface area contributed by atoms with E-state index < -0.39 is 0 Å². The number of nitrogens with zero attached hydrogens (tertiary/aromatic N) is 1. The van der Waals surface area contributed by atoms with Gasteiger partial charge in [-0.3, -0.25) is 0 Å². The van der Waals surface area contributed by atoms with Crippen LogP contribution in [0.1, 0.15) is 11.3 Å². The molecule has 0 atom stereocenters. The Morgan fingerprint density at radius 2 is 1.93 bits per heavy atom. The lowest BCUT2D eigenvalue weighted by atomic mass is 10.1. The van der Waals surface area contributed by atoms with Crippen molar-refractivity contribution in [1.29, 1.82) is 0 Å². The second kappa shape index (κ2) is 3.38. The van der Waals surface area contributed by atoms with Crippen LogP contribution in [0.4, 0.5) is 0 Å². The zero-order valence-corrected chi connectivity index (χ0v) is 9.09. The molecule has 1 aliphatic rings. The first-order valence-corrected chi connectivity index (χ1v) is 5.61. The number of aromatic amines is 1. The molecule has 1 aliphatic heterocycles. The van der Waals surface area contributed by atoms with E-state index >= 15 is 0 Å². The molecule has 2 aromatic rings. The molecule has 2 heteroatoms. The van der Waals surface area contributed by atoms with Gasteiger partial charge in [0.1, 0.15) is 0 Å². The summed E-state index contributed by atoms with van der Waals surface area (Å²) in [6, 6.07) is 8.64. The number of fused-ring (bicyclic) bond motifs is 3. The van der Waals surface area contributed by atoms with E-state index in [1.54, 1.807) is 0 Å². The lowest BCUT2D eigenvalue weighted by Gasteiger charge is -2.11. The average Bonchev–Trinajstić information content (AvgIpc) is 2.51. The fourth-order valence-electron chi connectivity index (χ4n) is 2.47. The maximum atomic E-state index is 3.55. The highest BCUT2D eigenvalue weighted by molar-refractivity contribution is 5.84. The van der Waals surface area contributed by atoms with Gasteiger partial charge in [0, 0.05) is 36.1 Å². The first kappa shape index (κ1) is 8.98. The van der Waals surface area contributed by atoms with E-state index in [1.165, 1.54) is 41.7 Å². The van der Waals surface area contributed by atoms with Gasteiger partial charge in [-0.15, -0.1) is 0 Å². The van der Waals surface area contributed by atoms with Gasteiger partial charge in [0.25, 0.3) is 0 Å². The Morgan fingerprint density at radius 1 is 1.13 bits per heavy atom. The van der Waals surface area contributed by atoms with Crippen LogP contribution in [-0.2, 0) is 12.8 Å². The largest absolute Gasteiger partial charge is 0.358 e. The standard InChI is InChI=1S/C13H16N2/c1-15-8-6-11-10-4-2-3-5-12(10)14-13(11)7-9-15/h2-5,14H,6-9H2,1H3. The van der Waals surface area contributed by atoms with Crippen LogP contribution >= 0.6 is 0 Å². The predicted molar refractivity (Wildman–Crippen MR) is 63.2 cm³/mol. The van der Waals surface area contributed by atoms with Crippen molar-refractivity contribution in [3.63, 3.8) is 0 Å². The number of para-hydroxylation sites is 1. The molecule has 0 spiro atoms. The molecule has 0 aliphatic carbocycles. The third kappa shape index (κ3) is 1.45. The molecule has 78 valence electrons. The molecular weight excluding hydrogens is 184 g/mol.